The van der Waals surface area contributed by atoms with Crippen molar-refractivity contribution in [2.24, 2.45) is 5.92 Å². The predicted molar refractivity (Wildman–Crippen MR) is 116 cm³/mol. The van der Waals surface area contributed by atoms with Crippen LogP contribution in [0.15, 0.2) is 6.20 Å². The molecule has 3 rings (SSSR count). The molecule has 1 saturated heterocycles. The minimum absolute atomic E-state index is 0.0281. The van der Waals surface area contributed by atoms with E-state index in [9.17, 15) is 10.4 Å². The number of halogens is 1. The summed E-state index contributed by atoms with van der Waals surface area (Å²) in [5.41, 5.74) is 7.47. The van der Waals surface area contributed by atoms with Crippen LogP contribution in [-0.4, -0.2) is 56.9 Å². The molecule has 154 valence electrons. The van der Waals surface area contributed by atoms with Crippen LogP contribution in [-0.2, 0) is 0 Å². The lowest BCUT2D eigenvalue weighted by molar-refractivity contribution is 0.110. The Morgan fingerprint density at radius 2 is 2.07 bits per heavy atom. The molecule has 7 nitrogen and oxygen atoms in total. The summed E-state index contributed by atoms with van der Waals surface area (Å²) >= 11 is 6.20. The van der Waals surface area contributed by atoms with E-state index in [1.165, 1.54) is 13.0 Å². The van der Waals surface area contributed by atoms with Crippen LogP contribution in [0.4, 0.5) is 5.95 Å². The molecular weight excluding hydrogens is 395 g/mol. The van der Waals surface area contributed by atoms with Gasteiger partial charge in [-0.05, 0) is 40.2 Å². The first kappa shape index (κ1) is 22.8. The van der Waals surface area contributed by atoms with Crippen LogP contribution in [0.25, 0.3) is 5.52 Å². The Bertz CT molecular complexity index is 847. The molecule has 0 spiro atoms. The van der Waals surface area contributed by atoms with E-state index in [-0.39, 0.29) is 26.0 Å². The summed E-state index contributed by atoms with van der Waals surface area (Å²) < 4.78 is 4.03. The quantitative estimate of drug-likeness (QED) is 0.728. The number of nitrogens with zero attached hydrogens (tertiary/aromatic N) is 5. The third-order valence-electron chi connectivity index (χ3n) is 5.16. The van der Waals surface area contributed by atoms with Crippen LogP contribution in [0, 0.1) is 17.2 Å². The average molecular weight is 425 g/mol. The highest BCUT2D eigenvalue weighted by Gasteiger charge is 2.24. The van der Waals surface area contributed by atoms with E-state index in [0.29, 0.717) is 22.0 Å². The van der Waals surface area contributed by atoms with Crippen LogP contribution in [0.1, 0.15) is 50.8 Å². The van der Waals surface area contributed by atoms with Crippen molar-refractivity contribution in [2.75, 3.05) is 32.2 Å². The van der Waals surface area contributed by atoms with E-state index in [1.807, 2.05) is 6.92 Å². The lowest BCUT2D eigenvalue weighted by Crippen LogP contribution is -2.34. The van der Waals surface area contributed by atoms with Gasteiger partial charge in [0.25, 0.3) is 0 Å². The first-order chi connectivity index (χ1) is 13.2. The van der Waals surface area contributed by atoms with Gasteiger partial charge in [-0.1, -0.05) is 32.4 Å². The number of nitrogen functional groups attached to an aromatic ring is 1. The minimum atomic E-state index is -0.0568. The summed E-state index contributed by atoms with van der Waals surface area (Å²) in [4.78, 5) is 3.91. The summed E-state index contributed by atoms with van der Waals surface area (Å²) in [5.74, 6) is 0.673. The summed E-state index contributed by atoms with van der Waals surface area (Å²) in [7, 11) is 0.0281. The standard InChI is InChI=1S/C12H14ClN5.C7H16NOP/c1-6(2)7(3)11-8(4-14)10(13)9-5-16-12(15)17-18(9)11;1-10(2)8-5-3-4-7(9)6-8/h5-7H,1-3H3,(H2,15,17);7,9H,3-6H2,1-2H3. The number of aliphatic hydroxyl groups is 1. The molecule has 1 aliphatic rings. The number of piperidine rings is 1. The van der Waals surface area contributed by atoms with Gasteiger partial charge in [0.1, 0.15) is 11.6 Å². The molecule has 0 aliphatic carbocycles. The molecule has 0 aromatic carbocycles. The molecule has 2 atom stereocenters. The lowest BCUT2D eigenvalue weighted by Gasteiger charge is -2.32. The fraction of sp³-hybridized carbons (Fsp3) is 0.632. The van der Waals surface area contributed by atoms with Crippen molar-refractivity contribution < 1.29 is 5.11 Å². The van der Waals surface area contributed by atoms with Gasteiger partial charge in [-0.3, -0.25) is 4.67 Å². The van der Waals surface area contributed by atoms with Gasteiger partial charge in [-0.2, -0.15) is 5.26 Å². The number of nitrogens with two attached hydrogens (primary N) is 1. The van der Waals surface area contributed by atoms with E-state index in [0.717, 1.165) is 18.7 Å². The van der Waals surface area contributed by atoms with Gasteiger partial charge in [0.15, 0.2) is 0 Å². The smallest absolute Gasteiger partial charge is 0.238 e. The number of β-amino-alcohol motifs (C(OH)–C–C–N with tert-alkyl or cyclic N) is 1. The van der Waals surface area contributed by atoms with Crippen molar-refractivity contribution in [3.63, 3.8) is 0 Å². The lowest BCUT2D eigenvalue weighted by atomic mass is 9.93. The van der Waals surface area contributed by atoms with Gasteiger partial charge in [-0.15, -0.1) is 5.10 Å². The Morgan fingerprint density at radius 1 is 1.39 bits per heavy atom. The van der Waals surface area contributed by atoms with Gasteiger partial charge >= 0.3 is 0 Å². The highest BCUT2D eigenvalue weighted by molar-refractivity contribution is 7.53. The molecule has 3 heterocycles. The Morgan fingerprint density at radius 3 is 2.57 bits per heavy atom. The Balaban J connectivity index is 0.000000237. The van der Waals surface area contributed by atoms with Crippen LogP contribution in [0.5, 0.6) is 0 Å². The Labute approximate surface area is 173 Å². The molecule has 0 bridgehead atoms. The van der Waals surface area contributed by atoms with Gasteiger partial charge in [0.2, 0.25) is 5.95 Å². The van der Waals surface area contributed by atoms with Gasteiger partial charge in [-0.25, -0.2) is 9.50 Å². The number of fused-ring (bicyclic) bond motifs is 1. The number of rotatable bonds is 3. The monoisotopic (exact) mass is 424 g/mol. The minimum Gasteiger partial charge on any atom is -0.392 e. The molecule has 3 N–H and O–H groups in total. The second-order valence-electron chi connectivity index (χ2n) is 7.69. The molecule has 2 aromatic heterocycles. The van der Waals surface area contributed by atoms with Crippen molar-refractivity contribution in [3.8, 4) is 6.07 Å². The van der Waals surface area contributed by atoms with Crippen molar-refractivity contribution in [3.05, 3.63) is 22.5 Å². The van der Waals surface area contributed by atoms with E-state index < -0.39 is 0 Å². The number of hydrogen-bond acceptors (Lipinski definition) is 6. The Kier molecular flexibility index (Phi) is 8.03. The van der Waals surface area contributed by atoms with Gasteiger partial charge < -0.3 is 10.8 Å². The molecule has 0 amide bonds. The van der Waals surface area contributed by atoms with Crippen molar-refractivity contribution in [2.45, 2.75) is 45.6 Å². The zero-order valence-corrected chi connectivity index (χ0v) is 18.9. The highest BCUT2D eigenvalue weighted by atomic mass is 35.5. The predicted octanol–water partition coefficient (Wildman–Crippen LogP) is 3.70. The van der Waals surface area contributed by atoms with Crippen LogP contribution in [0.2, 0.25) is 5.02 Å². The number of aromatic nitrogens is 3. The average Bonchev–Trinajstić information content (AvgIpc) is 2.92. The SMILES string of the molecule is CC(C)C(C)c1c(C#N)c(Cl)c2cnc(N)nn12.CP(C)N1CCCC(O)C1. The van der Waals surface area contributed by atoms with Crippen molar-refractivity contribution in [1.29, 1.82) is 5.26 Å². The molecule has 0 radical (unpaired) electrons. The van der Waals surface area contributed by atoms with E-state index in [2.05, 4.69) is 48.0 Å². The van der Waals surface area contributed by atoms with E-state index >= 15 is 0 Å². The second kappa shape index (κ2) is 9.84. The fourth-order valence-corrected chi connectivity index (χ4v) is 4.51. The molecule has 1 aliphatic heterocycles. The molecule has 28 heavy (non-hydrogen) atoms. The summed E-state index contributed by atoms with van der Waals surface area (Å²) in [5, 5.41) is 23.1. The molecule has 2 unspecified atom stereocenters. The number of nitriles is 1. The van der Waals surface area contributed by atoms with Crippen LogP contribution >= 0.6 is 19.7 Å². The summed E-state index contributed by atoms with van der Waals surface area (Å²) in [6, 6.07) is 2.15. The van der Waals surface area contributed by atoms with E-state index in [1.54, 1.807) is 10.7 Å². The molecule has 0 saturated carbocycles. The topological polar surface area (TPSA) is 103 Å². The Hall–Kier alpha value is -1.45. The first-order valence-electron chi connectivity index (χ1n) is 9.50. The largest absolute Gasteiger partial charge is 0.392 e. The number of anilines is 1. The number of aliphatic hydroxyl groups excluding tert-OH is 1. The van der Waals surface area contributed by atoms with Gasteiger partial charge in [0.05, 0.1) is 28.6 Å². The third-order valence-corrected chi connectivity index (χ3v) is 7.04. The van der Waals surface area contributed by atoms with Crippen molar-refractivity contribution in [1.82, 2.24) is 19.3 Å². The first-order valence-corrected chi connectivity index (χ1v) is 12.1. The van der Waals surface area contributed by atoms with E-state index in [4.69, 9.17) is 17.3 Å². The van der Waals surface area contributed by atoms with Crippen molar-refractivity contribution >= 4 is 31.1 Å². The maximum atomic E-state index is 9.30. The maximum Gasteiger partial charge on any atom is 0.238 e. The zero-order chi connectivity index (χ0) is 21.0. The summed E-state index contributed by atoms with van der Waals surface area (Å²) in [6.07, 6.45) is 3.65. The van der Waals surface area contributed by atoms with Gasteiger partial charge in [0, 0.05) is 19.0 Å². The maximum absolute atomic E-state index is 9.30. The molecular formula is C19H30ClN6OP. The highest BCUT2D eigenvalue weighted by Crippen LogP contribution is 2.35. The van der Waals surface area contributed by atoms with Crippen LogP contribution < -0.4 is 5.73 Å². The second-order valence-corrected chi connectivity index (χ2v) is 10.3. The normalized spacial score (nSPS) is 18.8. The fourth-order valence-electron chi connectivity index (χ4n) is 3.19. The summed E-state index contributed by atoms with van der Waals surface area (Å²) in [6.45, 7) is 12.8. The molecule has 9 heteroatoms. The van der Waals surface area contributed by atoms with Crippen LogP contribution in [0.3, 0.4) is 0 Å². The third kappa shape index (κ3) is 5.12. The zero-order valence-electron chi connectivity index (χ0n) is 17.2. The molecule has 1 fully saturated rings. The molecule has 2 aromatic rings. The number of hydrogen-bond donors (Lipinski definition) is 2.